The lowest BCUT2D eigenvalue weighted by atomic mass is 10.1. The molecule has 40 heavy (non-hydrogen) atoms. The molecule has 1 aromatic carbocycles. The Hall–Kier alpha value is -3.81. The molecule has 1 unspecified atom stereocenters. The summed E-state index contributed by atoms with van der Waals surface area (Å²) in [4.78, 5) is 37.4. The minimum atomic E-state index is -0.836. The third kappa shape index (κ3) is 11.9. The first-order valence-electron chi connectivity index (χ1n) is 14.1. The summed E-state index contributed by atoms with van der Waals surface area (Å²) in [5, 5.41) is 8.90. The first kappa shape index (κ1) is 32.4. The number of unbranched alkanes of at least 4 members (excludes halogenated alkanes) is 1. The molecule has 1 fully saturated rings. The first-order chi connectivity index (χ1) is 19.4. The molecule has 0 aromatic heterocycles. The molecule has 1 aromatic rings. The largest absolute Gasteiger partial charge is 0.481 e. The van der Waals surface area contributed by atoms with Crippen LogP contribution in [0.4, 0.5) is 10.1 Å². The van der Waals surface area contributed by atoms with Crippen molar-refractivity contribution in [2.45, 2.75) is 58.8 Å². The Balaban J connectivity index is 2.14. The number of allylic oxidation sites excluding steroid dienone is 4. The van der Waals surface area contributed by atoms with E-state index in [2.05, 4.69) is 35.5 Å². The zero-order valence-corrected chi connectivity index (χ0v) is 23.8. The van der Waals surface area contributed by atoms with Crippen LogP contribution in [-0.2, 0) is 9.59 Å². The highest BCUT2D eigenvalue weighted by atomic mass is 19.1. The monoisotopic (exact) mass is 550 g/mol. The standard InChI is InChI=1S/C32H43FN4O3/c1-4-7-12-26(11-5-2)25-35-29(6-3)30(34-20-9-8-13-32(39)40)18-19-31(38)37-22-10-21-36(23-24-37)28-16-14-27(33)15-17-28/h5-7,12,14-18,20,25-26H,2,4,8-11,13,19,21-24H2,1,3H3,(H,39,40)/b12-7-,29-6+,30-18+,34-20+,35-25+. The minimum Gasteiger partial charge on any atom is -0.481 e. The zero-order valence-electron chi connectivity index (χ0n) is 23.8. The Kier molecular flexibility index (Phi) is 15.0. The lowest BCUT2D eigenvalue weighted by Crippen LogP contribution is -2.34. The molecular weight excluding hydrogens is 507 g/mol. The molecule has 0 spiro atoms. The number of carbonyl (C=O) groups excluding carboxylic acids is 1. The van der Waals surface area contributed by atoms with Gasteiger partial charge < -0.3 is 14.9 Å². The van der Waals surface area contributed by atoms with Crippen molar-refractivity contribution in [2.24, 2.45) is 15.9 Å². The quantitative estimate of drug-likeness (QED) is 0.115. The van der Waals surface area contributed by atoms with Crippen molar-refractivity contribution in [3.05, 3.63) is 78.4 Å². The molecule has 1 saturated heterocycles. The summed E-state index contributed by atoms with van der Waals surface area (Å²) in [6.45, 7) is 10.5. The molecule has 7 nitrogen and oxygen atoms in total. The summed E-state index contributed by atoms with van der Waals surface area (Å²) in [5.41, 5.74) is 2.19. The molecule has 1 amide bonds. The van der Waals surface area contributed by atoms with Crippen molar-refractivity contribution < 1.29 is 19.1 Å². The van der Waals surface area contributed by atoms with Gasteiger partial charge in [-0.3, -0.25) is 19.6 Å². The Morgan fingerprint density at radius 3 is 2.58 bits per heavy atom. The van der Waals surface area contributed by atoms with Gasteiger partial charge in [0.15, 0.2) is 0 Å². The van der Waals surface area contributed by atoms with Crippen molar-refractivity contribution in [3.8, 4) is 0 Å². The Morgan fingerprint density at radius 1 is 1.12 bits per heavy atom. The van der Waals surface area contributed by atoms with Gasteiger partial charge in [-0.2, -0.15) is 0 Å². The summed E-state index contributed by atoms with van der Waals surface area (Å²) in [6, 6.07) is 6.46. The zero-order chi connectivity index (χ0) is 29.2. The van der Waals surface area contributed by atoms with Crippen LogP contribution in [0, 0.1) is 11.7 Å². The Morgan fingerprint density at radius 2 is 1.90 bits per heavy atom. The average Bonchev–Trinajstić information content (AvgIpc) is 3.20. The van der Waals surface area contributed by atoms with E-state index in [0.717, 1.165) is 31.5 Å². The van der Waals surface area contributed by atoms with Crippen LogP contribution in [-0.4, -0.2) is 60.5 Å². The molecule has 0 bridgehead atoms. The topological polar surface area (TPSA) is 85.6 Å². The number of benzene rings is 1. The van der Waals surface area contributed by atoms with Crippen molar-refractivity contribution in [1.29, 1.82) is 0 Å². The second-order valence-electron chi connectivity index (χ2n) is 9.57. The van der Waals surface area contributed by atoms with Gasteiger partial charge >= 0.3 is 5.97 Å². The number of rotatable bonds is 15. The van der Waals surface area contributed by atoms with Gasteiger partial charge in [0.05, 0.1) is 11.4 Å². The number of carboxylic acid groups (broad SMARTS) is 1. The van der Waals surface area contributed by atoms with Gasteiger partial charge in [-0.25, -0.2) is 4.39 Å². The molecule has 0 aliphatic carbocycles. The van der Waals surface area contributed by atoms with Crippen LogP contribution >= 0.6 is 0 Å². The van der Waals surface area contributed by atoms with Crippen molar-refractivity contribution in [3.63, 3.8) is 0 Å². The van der Waals surface area contributed by atoms with E-state index in [1.807, 2.05) is 30.2 Å². The fourth-order valence-electron chi connectivity index (χ4n) is 4.28. The third-order valence-corrected chi connectivity index (χ3v) is 6.46. The number of carbonyl (C=O) groups is 2. The van der Waals surface area contributed by atoms with E-state index >= 15 is 0 Å². The molecule has 8 heteroatoms. The van der Waals surface area contributed by atoms with Crippen LogP contribution in [0.2, 0.25) is 0 Å². The highest BCUT2D eigenvalue weighted by Crippen LogP contribution is 2.19. The number of aliphatic imine (C=N–C) groups is 2. The number of halogens is 1. The summed E-state index contributed by atoms with van der Waals surface area (Å²) in [6.07, 6.45) is 17.1. The number of nitrogens with zero attached hydrogens (tertiary/aromatic N) is 4. The number of aliphatic carboxylic acids is 1. The predicted octanol–water partition coefficient (Wildman–Crippen LogP) is 6.60. The lowest BCUT2D eigenvalue weighted by molar-refractivity contribution is -0.137. The summed E-state index contributed by atoms with van der Waals surface area (Å²) in [7, 11) is 0. The van der Waals surface area contributed by atoms with Gasteiger partial charge in [0.1, 0.15) is 5.82 Å². The van der Waals surface area contributed by atoms with Crippen LogP contribution < -0.4 is 4.90 Å². The summed E-state index contributed by atoms with van der Waals surface area (Å²) < 4.78 is 13.3. The van der Waals surface area contributed by atoms with Gasteiger partial charge in [0, 0.05) is 63.1 Å². The minimum absolute atomic E-state index is 0.00868. The highest BCUT2D eigenvalue weighted by molar-refractivity contribution is 5.78. The highest BCUT2D eigenvalue weighted by Gasteiger charge is 2.19. The van der Waals surface area contributed by atoms with E-state index in [1.54, 1.807) is 24.4 Å². The van der Waals surface area contributed by atoms with E-state index < -0.39 is 5.97 Å². The summed E-state index contributed by atoms with van der Waals surface area (Å²) >= 11 is 0. The Labute approximate surface area is 238 Å². The molecule has 1 heterocycles. The smallest absolute Gasteiger partial charge is 0.303 e. The van der Waals surface area contributed by atoms with Crippen LogP contribution in [0.25, 0.3) is 0 Å². The molecule has 1 atom stereocenters. The maximum Gasteiger partial charge on any atom is 0.303 e. The molecule has 216 valence electrons. The average molecular weight is 551 g/mol. The maximum atomic E-state index is 13.3. The van der Waals surface area contributed by atoms with E-state index in [4.69, 9.17) is 10.1 Å². The lowest BCUT2D eigenvalue weighted by Gasteiger charge is -2.23. The van der Waals surface area contributed by atoms with Crippen molar-refractivity contribution in [2.75, 3.05) is 31.1 Å². The second-order valence-corrected chi connectivity index (χ2v) is 9.57. The summed E-state index contributed by atoms with van der Waals surface area (Å²) in [5.74, 6) is -0.983. The van der Waals surface area contributed by atoms with E-state index in [-0.39, 0.29) is 30.5 Å². The number of hydrogen-bond acceptors (Lipinski definition) is 5. The SMILES string of the molecule is C=CCC(/C=C\CC)/C=N/C(=C/C)C(=C\CC(=O)N1CCCN(c2ccc(F)cc2)CC1)/N=C/CCCC(=O)O. The van der Waals surface area contributed by atoms with Crippen molar-refractivity contribution >= 4 is 30.0 Å². The van der Waals surface area contributed by atoms with E-state index in [9.17, 15) is 14.0 Å². The fourth-order valence-corrected chi connectivity index (χ4v) is 4.28. The molecule has 2 rings (SSSR count). The molecule has 0 saturated carbocycles. The Bertz CT molecular complexity index is 1110. The maximum absolute atomic E-state index is 13.3. The molecule has 0 radical (unpaired) electrons. The molecular formula is C32H43FN4O3. The van der Waals surface area contributed by atoms with Crippen LogP contribution in [0.3, 0.4) is 0 Å². The second kappa shape index (κ2) is 18.5. The van der Waals surface area contributed by atoms with E-state index in [0.29, 0.717) is 43.9 Å². The van der Waals surface area contributed by atoms with Gasteiger partial charge in [-0.1, -0.05) is 31.2 Å². The third-order valence-electron chi connectivity index (χ3n) is 6.46. The number of carboxylic acids is 1. The van der Waals surface area contributed by atoms with Crippen LogP contribution in [0.5, 0.6) is 0 Å². The number of hydrogen-bond donors (Lipinski definition) is 1. The van der Waals surface area contributed by atoms with E-state index in [1.165, 1.54) is 12.1 Å². The van der Waals surface area contributed by atoms with Gasteiger partial charge in [-0.15, -0.1) is 6.58 Å². The normalized spacial score (nSPS) is 16.2. The van der Waals surface area contributed by atoms with Crippen molar-refractivity contribution in [1.82, 2.24) is 4.90 Å². The number of amides is 1. The predicted molar refractivity (Wildman–Crippen MR) is 162 cm³/mol. The molecule has 1 aliphatic rings. The van der Waals surface area contributed by atoms with Crippen LogP contribution in [0.15, 0.2) is 82.6 Å². The van der Waals surface area contributed by atoms with Gasteiger partial charge in [-0.05, 0) is 69.4 Å². The first-order valence-corrected chi connectivity index (χ1v) is 14.1. The van der Waals surface area contributed by atoms with Gasteiger partial charge in [0.25, 0.3) is 0 Å². The molecule has 1 N–H and O–H groups in total. The number of anilines is 1. The molecule has 1 aliphatic heterocycles. The fraction of sp³-hybridized carbons (Fsp3) is 0.438. The van der Waals surface area contributed by atoms with Gasteiger partial charge in [0.2, 0.25) is 5.91 Å². The van der Waals surface area contributed by atoms with Crippen LogP contribution in [0.1, 0.15) is 58.8 Å².